The summed E-state index contributed by atoms with van der Waals surface area (Å²) in [6, 6.07) is 14.0. The summed E-state index contributed by atoms with van der Waals surface area (Å²) in [4.78, 5) is 18.7. The van der Waals surface area contributed by atoms with Gasteiger partial charge in [-0.25, -0.2) is 8.91 Å². The van der Waals surface area contributed by atoms with E-state index in [1.807, 2.05) is 13.0 Å². The van der Waals surface area contributed by atoms with Gasteiger partial charge in [0.1, 0.15) is 11.6 Å². The molecular weight excluding hydrogens is 509 g/mol. The van der Waals surface area contributed by atoms with Crippen molar-refractivity contribution in [2.45, 2.75) is 77.5 Å². The zero-order valence-corrected chi connectivity index (χ0v) is 23.3. The highest BCUT2D eigenvalue weighted by Crippen LogP contribution is 2.35. The number of nitriles is 1. The van der Waals surface area contributed by atoms with Gasteiger partial charge in [-0.05, 0) is 68.9 Å². The summed E-state index contributed by atoms with van der Waals surface area (Å²) in [7, 11) is 0. The first-order valence-corrected chi connectivity index (χ1v) is 13.7. The quantitative estimate of drug-likeness (QED) is 0.322. The molecule has 0 spiro atoms. The summed E-state index contributed by atoms with van der Waals surface area (Å²) in [5, 5.41) is 24.1. The van der Waals surface area contributed by atoms with Crippen LogP contribution >= 0.6 is 0 Å². The maximum absolute atomic E-state index is 15.5. The first-order valence-electron chi connectivity index (χ1n) is 13.7. The molecule has 2 heterocycles. The van der Waals surface area contributed by atoms with Crippen LogP contribution in [0, 0.1) is 24.1 Å². The summed E-state index contributed by atoms with van der Waals surface area (Å²) in [6.45, 7) is 7.44. The average molecular weight is 544 g/mol. The Balaban J connectivity index is 1.53. The number of hydrogen-bond acceptors (Lipinski definition) is 6. The SMILES string of the molecule is CCCc1c(Cc2ccc(-c3ccccc3C#N)cc2F)c(=O)n(C2CC(OCC(C)(C)O)C2)c2nc(C)nn12. The van der Waals surface area contributed by atoms with E-state index in [1.165, 1.54) is 6.07 Å². The number of benzene rings is 2. The molecule has 208 valence electrons. The van der Waals surface area contributed by atoms with E-state index in [2.05, 4.69) is 16.2 Å². The van der Waals surface area contributed by atoms with Gasteiger partial charge in [0.05, 0.1) is 35.6 Å². The van der Waals surface area contributed by atoms with Crippen molar-refractivity contribution in [2.24, 2.45) is 0 Å². The van der Waals surface area contributed by atoms with Crippen LogP contribution in [0.3, 0.4) is 0 Å². The minimum absolute atomic E-state index is 0.0626. The van der Waals surface area contributed by atoms with Crippen LogP contribution in [0.25, 0.3) is 16.9 Å². The molecule has 0 bridgehead atoms. The van der Waals surface area contributed by atoms with E-state index in [-0.39, 0.29) is 30.7 Å². The van der Waals surface area contributed by atoms with Crippen LogP contribution in [0.4, 0.5) is 4.39 Å². The number of ether oxygens (including phenoxy) is 1. The lowest BCUT2D eigenvalue weighted by atomic mass is 9.88. The van der Waals surface area contributed by atoms with Crippen LogP contribution in [0.2, 0.25) is 0 Å². The second kappa shape index (κ2) is 11.0. The maximum Gasteiger partial charge on any atom is 0.259 e. The molecule has 8 nitrogen and oxygen atoms in total. The van der Waals surface area contributed by atoms with Gasteiger partial charge in [-0.1, -0.05) is 43.7 Å². The molecule has 0 atom stereocenters. The zero-order valence-electron chi connectivity index (χ0n) is 23.3. The third-order valence-corrected chi connectivity index (χ3v) is 7.37. The minimum atomic E-state index is -0.926. The fourth-order valence-corrected chi connectivity index (χ4v) is 5.32. The monoisotopic (exact) mass is 543 g/mol. The number of rotatable bonds is 9. The molecule has 1 N–H and O–H groups in total. The fourth-order valence-electron chi connectivity index (χ4n) is 5.32. The molecule has 1 aliphatic rings. The Morgan fingerprint density at radius 1 is 1.23 bits per heavy atom. The molecule has 1 saturated carbocycles. The number of hydrogen-bond donors (Lipinski definition) is 1. The van der Waals surface area contributed by atoms with Crippen molar-refractivity contribution in [3.05, 3.63) is 86.8 Å². The van der Waals surface area contributed by atoms with Crippen molar-refractivity contribution in [1.82, 2.24) is 19.2 Å². The van der Waals surface area contributed by atoms with Gasteiger partial charge in [0, 0.05) is 18.0 Å². The molecular formula is C31H34FN5O3. The van der Waals surface area contributed by atoms with Crippen LogP contribution in [-0.2, 0) is 17.6 Å². The molecule has 1 fully saturated rings. The molecule has 0 amide bonds. The Labute approximate surface area is 232 Å². The van der Waals surface area contributed by atoms with E-state index >= 15 is 4.39 Å². The van der Waals surface area contributed by atoms with E-state index in [0.717, 1.165) is 12.1 Å². The molecule has 0 unspecified atom stereocenters. The second-order valence-electron chi connectivity index (χ2n) is 11.2. The fraction of sp³-hybridized carbons (Fsp3) is 0.419. The zero-order chi connectivity index (χ0) is 28.6. The predicted octanol–water partition coefficient (Wildman–Crippen LogP) is 4.91. The highest BCUT2D eigenvalue weighted by atomic mass is 19.1. The number of halogens is 1. The van der Waals surface area contributed by atoms with Gasteiger partial charge < -0.3 is 9.84 Å². The van der Waals surface area contributed by atoms with Crippen LogP contribution in [0.5, 0.6) is 0 Å². The van der Waals surface area contributed by atoms with Gasteiger partial charge in [0.2, 0.25) is 5.78 Å². The number of aromatic nitrogens is 4. The minimum Gasteiger partial charge on any atom is -0.388 e. The maximum atomic E-state index is 15.5. The van der Waals surface area contributed by atoms with Crippen molar-refractivity contribution >= 4 is 5.78 Å². The smallest absolute Gasteiger partial charge is 0.259 e. The molecule has 0 saturated heterocycles. The van der Waals surface area contributed by atoms with Crippen LogP contribution in [0.1, 0.15) is 74.3 Å². The van der Waals surface area contributed by atoms with Gasteiger partial charge in [-0.3, -0.25) is 9.36 Å². The van der Waals surface area contributed by atoms with Crippen molar-refractivity contribution in [3.8, 4) is 17.2 Å². The lowest BCUT2D eigenvalue weighted by Gasteiger charge is -2.37. The highest BCUT2D eigenvalue weighted by Gasteiger charge is 2.36. The molecule has 5 rings (SSSR count). The number of aryl methyl sites for hydroxylation is 2. The van der Waals surface area contributed by atoms with E-state index in [0.29, 0.717) is 58.7 Å². The molecule has 0 aliphatic heterocycles. The number of aliphatic hydroxyl groups is 1. The first kappa shape index (κ1) is 27.7. The molecule has 2 aromatic carbocycles. The summed E-state index contributed by atoms with van der Waals surface area (Å²) in [5.74, 6) is 0.616. The number of fused-ring (bicyclic) bond motifs is 1. The first-order chi connectivity index (χ1) is 19.1. The summed E-state index contributed by atoms with van der Waals surface area (Å²) < 4.78 is 24.8. The number of nitrogens with zero attached hydrogens (tertiary/aromatic N) is 5. The lowest BCUT2D eigenvalue weighted by molar-refractivity contribution is -0.0894. The Morgan fingerprint density at radius 2 is 1.98 bits per heavy atom. The Hall–Kier alpha value is -3.87. The lowest BCUT2D eigenvalue weighted by Crippen LogP contribution is -2.42. The summed E-state index contributed by atoms with van der Waals surface area (Å²) >= 11 is 0. The van der Waals surface area contributed by atoms with E-state index in [9.17, 15) is 15.2 Å². The largest absolute Gasteiger partial charge is 0.388 e. The molecule has 4 aromatic rings. The van der Waals surface area contributed by atoms with Crippen molar-refractivity contribution in [3.63, 3.8) is 0 Å². The molecule has 2 aromatic heterocycles. The van der Waals surface area contributed by atoms with Gasteiger partial charge in [0.25, 0.3) is 5.56 Å². The second-order valence-corrected chi connectivity index (χ2v) is 11.2. The van der Waals surface area contributed by atoms with Gasteiger partial charge in [0.15, 0.2) is 0 Å². The van der Waals surface area contributed by atoms with Gasteiger partial charge in [-0.15, -0.1) is 0 Å². The molecule has 1 aliphatic carbocycles. The van der Waals surface area contributed by atoms with Gasteiger partial charge >= 0.3 is 0 Å². The Morgan fingerprint density at radius 3 is 2.65 bits per heavy atom. The van der Waals surface area contributed by atoms with Crippen LogP contribution in [0.15, 0.2) is 47.3 Å². The molecule has 40 heavy (non-hydrogen) atoms. The van der Waals surface area contributed by atoms with Crippen molar-refractivity contribution in [1.29, 1.82) is 5.26 Å². The topological polar surface area (TPSA) is 105 Å². The molecule has 0 radical (unpaired) electrons. The van der Waals surface area contributed by atoms with E-state index in [4.69, 9.17) is 4.74 Å². The van der Waals surface area contributed by atoms with Crippen LogP contribution in [-0.4, -0.2) is 42.6 Å². The molecule has 9 heteroatoms. The summed E-state index contributed by atoms with van der Waals surface area (Å²) in [6.07, 6.45) is 2.67. The van der Waals surface area contributed by atoms with Crippen molar-refractivity contribution in [2.75, 3.05) is 6.61 Å². The Bertz CT molecular complexity index is 1650. The Kier molecular flexibility index (Phi) is 7.58. The third-order valence-electron chi connectivity index (χ3n) is 7.37. The highest BCUT2D eigenvalue weighted by molar-refractivity contribution is 5.70. The van der Waals surface area contributed by atoms with Crippen LogP contribution < -0.4 is 5.56 Å². The predicted molar refractivity (Wildman–Crippen MR) is 150 cm³/mol. The van der Waals surface area contributed by atoms with E-state index < -0.39 is 11.4 Å². The summed E-state index contributed by atoms with van der Waals surface area (Å²) in [5.41, 5.74) is 2.28. The average Bonchev–Trinajstić information content (AvgIpc) is 3.27. The normalized spacial score (nSPS) is 17.1. The van der Waals surface area contributed by atoms with E-state index in [1.54, 1.807) is 60.2 Å². The standard InChI is InChI=1S/C31H34FN5O3/c1-5-8-28-26(13-21-12-11-20(14-27(21)32)25-10-7-6-9-22(25)17-33)29(38)36(30-34-19(2)35-37(28)30)23-15-24(16-23)40-18-31(3,4)39/h6-7,9-12,14,23-24,39H,5,8,13,15-16,18H2,1-4H3. The third kappa shape index (κ3) is 5.42. The van der Waals surface area contributed by atoms with Gasteiger partial charge in [-0.2, -0.15) is 15.3 Å². The van der Waals surface area contributed by atoms with Crippen molar-refractivity contribution < 1.29 is 14.2 Å².